The van der Waals surface area contributed by atoms with E-state index in [2.05, 4.69) is 78.9 Å². The molecule has 19 heavy (non-hydrogen) atoms. The van der Waals surface area contributed by atoms with Gasteiger partial charge in [-0.2, -0.15) is 0 Å². The summed E-state index contributed by atoms with van der Waals surface area (Å²) in [6.07, 6.45) is 24.0. The van der Waals surface area contributed by atoms with E-state index < -0.39 is 0 Å². The zero-order chi connectivity index (χ0) is 12.8. The van der Waals surface area contributed by atoms with E-state index in [9.17, 15) is 0 Å². The van der Waals surface area contributed by atoms with E-state index in [1.165, 1.54) is 28.0 Å². The third kappa shape index (κ3) is 1.48. The second-order valence-corrected chi connectivity index (χ2v) is 5.16. The van der Waals surface area contributed by atoms with Gasteiger partial charge in [-0.05, 0) is 41.4 Å². The number of hydrogen-bond donors (Lipinski definition) is 0. The molecule has 0 spiro atoms. The molecule has 0 saturated heterocycles. The van der Waals surface area contributed by atoms with Gasteiger partial charge in [-0.25, -0.2) is 0 Å². The van der Waals surface area contributed by atoms with Crippen LogP contribution >= 0.6 is 0 Å². The van der Waals surface area contributed by atoms with Gasteiger partial charge in [0, 0.05) is 24.0 Å². The van der Waals surface area contributed by atoms with E-state index in [-0.39, 0.29) is 0 Å². The average molecular weight is 245 g/mol. The Kier molecular flexibility index (Phi) is 2.16. The Morgan fingerprint density at radius 2 is 1.84 bits per heavy atom. The van der Waals surface area contributed by atoms with Crippen molar-refractivity contribution in [1.29, 1.82) is 0 Å². The van der Waals surface area contributed by atoms with Crippen LogP contribution in [0.25, 0.3) is 0 Å². The Bertz CT molecular complexity index is 687. The summed E-state index contributed by atoms with van der Waals surface area (Å²) in [5.74, 6) is 0.433. The Balaban J connectivity index is 1.95. The molecule has 1 heteroatoms. The highest BCUT2D eigenvalue weighted by atomic mass is 15.1. The SMILES string of the molecule is CC1=C2C=CC=CN2C=C2C=CC3C=CC=CC3=C21. The fourth-order valence-electron chi connectivity index (χ4n) is 3.14. The predicted molar refractivity (Wildman–Crippen MR) is 78.8 cm³/mol. The van der Waals surface area contributed by atoms with Crippen LogP contribution in [-0.2, 0) is 0 Å². The molecule has 1 nitrogen and oxygen atoms in total. The van der Waals surface area contributed by atoms with Crippen molar-refractivity contribution in [1.82, 2.24) is 4.90 Å². The van der Waals surface area contributed by atoms with Gasteiger partial charge in [0.05, 0.1) is 0 Å². The molecule has 2 heterocycles. The Morgan fingerprint density at radius 1 is 0.947 bits per heavy atom. The first kappa shape index (κ1) is 10.6. The van der Waals surface area contributed by atoms with Crippen molar-refractivity contribution in [3.05, 3.63) is 95.1 Å². The maximum Gasteiger partial charge on any atom is 0.0485 e. The lowest BCUT2D eigenvalue weighted by Crippen LogP contribution is -2.21. The third-order valence-electron chi connectivity index (χ3n) is 4.05. The van der Waals surface area contributed by atoms with Crippen molar-refractivity contribution in [2.45, 2.75) is 6.92 Å². The molecule has 0 aromatic carbocycles. The van der Waals surface area contributed by atoms with Gasteiger partial charge in [0.1, 0.15) is 0 Å². The summed E-state index contributed by atoms with van der Waals surface area (Å²) in [5.41, 5.74) is 6.78. The quantitative estimate of drug-likeness (QED) is 0.619. The van der Waals surface area contributed by atoms with E-state index in [1.54, 1.807) is 0 Å². The zero-order valence-electron chi connectivity index (χ0n) is 10.9. The van der Waals surface area contributed by atoms with Crippen LogP contribution in [0.4, 0.5) is 0 Å². The lowest BCUT2D eigenvalue weighted by atomic mass is 9.78. The van der Waals surface area contributed by atoms with Crippen LogP contribution in [0.1, 0.15) is 6.92 Å². The van der Waals surface area contributed by atoms with Gasteiger partial charge in [0.15, 0.2) is 0 Å². The minimum absolute atomic E-state index is 0.433. The Hall–Kier alpha value is -2.28. The van der Waals surface area contributed by atoms with Crippen molar-refractivity contribution < 1.29 is 0 Å². The van der Waals surface area contributed by atoms with Crippen LogP contribution in [0.3, 0.4) is 0 Å². The summed E-state index contributed by atoms with van der Waals surface area (Å²) in [5, 5.41) is 0. The standard InChI is InChI=1S/C18H15N/c1-13-17-8-4-5-11-19(17)12-15-10-9-14-6-2-3-7-16(14)18(13)15/h2-12,14H,1H3. The van der Waals surface area contributed by atoms with Gasteiger partial charge in [0.25, 0.3) is 0 Å². The maximum atomic E-state index is 2.28. The van der Waals surface area contributed by atoms with Gasteiger partial charge >= 0.3 is 0 Å². The third-order valence-corrected chi connectivity index (χ3v) is 4.05. The number of fused-ring (bicyclic) bond motifs is 3. The zero-order valence-corrected chi connectivity index (χ0v) is 10.9. The summed E-state index contributed by atoms with van der Waals surface area (Å²) < 4.78 is 0. The van der Waals surface area contributed by atoms with Gasteiger partial charge < -0.3 is 4.90 Å². The second-order valence-electron chi connectivity index (χ2n) is 5.16. The highest BCUT2D eigenvalue weighted by Gasteiger charge is 2.26. The van der Waals surface area contributed by atoms with Crippen molar-refractivity contribution in [3.8, 4) is 0 Å². The molecule has 2 aliphatic carbocycles. The summed E-state index contributed by atoms with van der Waals surface area (Å²) in [6.45, 7) is 2.23. The van der Waals surface area contributed by atoms with Gasteiger partial charge in [-0.3, -0.25) is 0 Å². The molecule has 0 amide bonds. The minimum Gasteiger partial charge on any atom is -0.323 e. The van der Waals surface area contributed by atoms with E-state index in [1.807, 2.05) is 0 Å². The van der Waals surface area contributed by atoms with Crippen molar-refractivity contribution in [2.75, 3.05) is 0 Å². The molecule has 92 valence electrons. The monoisotopic (exact) mass is 245 g/mol. The molecule has 4 rings (SSSR count). The molecule has 0 aromatic rings. The molecule has 1 unspecified atom stereocenters. The van der Waals surface area contributed by atoms with E-state index in [0.717, 1.165) is 0 Å². The maximum absolute atomic E-state index is 2.28. The van der Waals surface area contributed by atoms with Crippen LogP contribution in [0, 0.1) is 5.92 Å². The minimum atomic E-state index is 0.433. The van der Waals surface area contributed by atoms with Gasteiger partial charge in [-0.1, -0.05) is 42.5 Å². The fraction of sp³-hybridized carbons (Fsp3) is 0.111. The Morgan fingerprint density at radius 3 is 2.79 bits per heavy atom. The first-order chi connectivity index (χ1) is 9.34. The summed E-state index contributed by atoms with van der Waals surface area (Å²) >= 11 is 0. The molecule has 1 atom stereocenters. The van der Waals surface area contributed by atoms with Gasteiger partial charge in [0.2, 0.25) is 0 Å². The van der Waals surface area contributed by atoms with Gasteiger partial charge in [-0.15, -0.1) is 0 Å². The first-order valence-corrected chi connectivity index (χ1v) is 6.68. The molecule has 2 aliphatic heterocycles. The number of rotatable bonds is 0. The van der Waals surface area contributed by atoms with E-state index in [0.29, 0.717) is 5.92 Å². The van der Waals surface area contributed by atoms with Crippen LogP contribution in [-0.4, -0.2) is 4.90 Å². The molecule has 0 fully saturated rings. The number of hydrogen-bond acceptors (Lipinski definition) is 1. The molecule has 0 bridgehead atoms. The summed E-state index contributed by atoms with van der Waals surface area (Å²) in [6, 6.07) is 0. The highest BCUT2D eigenvalue weighted by molar-refractivity contribution is 5.66. The largest absolute Gasteiger partial charge is 0.323 e. The molecule has 0 radical (unpaired) electrons. The van der Waals surface area contributed by atoms with Crippen LogP contribution in [0.5, 0.6) is 0 Å². The summed E-state index contributed by atoms with van der Waals surface area (Å²) in [4.78, 5) is 2.21. The smallest absolute Gasteiger partial charge is 0.0485 e. The van der Waals surface area contributed by atoms with Crippen LogP contribution in [0.2, 0.25) is 0 Å². The Labute approximate surface area is 113 Å². The normalized spacial score (nSPS) is 26.5. The lowest BCUT2D eigenvalue weighted by Gasteiger charge is -2.33. The summed E-state index contributed by atoms with van der Waals surface area (Å²) in [7, 11) is 0. The fourth-order valence-corrected chi connectivity index (χ4v) is 3.14. The van der Waals surface area contributed by atoms with Crippen LogP contribution < -0.4 is 0 Å². The lowest BCUT2D eigenvalue weighted by molar-refractivity contribution is 0.622. The molecule has 0 aromatic heterocycles. The van der Waals surface area contributed by atoms with E-state index >= 15 is 0 Å². The highest BCUT2D eigenvalue weighted by Crippen LogP contribution is 2.41. The number of nitrogens with zero attached hydrogens (tertiary/aromatic N) is 1. The van der Waals surface area contributed by atoms with Crippen molar-refractivity contribution in [3.63, 3.8) is 0 Å². The first-order valence-electron chi connectivity index (χ1n) is 6.68. The predicted octanol–water partition coefficient (Wildman–Crippen LogP) is 4.15. The molecular weight excluding hydrogens is 230 g/mol. The van der Waals surface area contributed by atoms with Crippen molar-refractivity contribution in [2.24, 2.45) is 5.92 Å². The van der Waals surface area contributed by atoms with Crippen molar-refractivity contribution >= 4 is 0 Å². The molecule has 4 aliphatic rings. The molecule has 0 N–H and O–H groups in total. The topological polar surface area (TPSA) is 3.24 Å². The second kappa shape index (κ2) is 3.86. The van der Waals surface area contributed by atoms with Crippen LogP contribution in [0.15, 0.2) is 95.1 Å². The molecular formula is C18H15N. The average Bonchev–Trinajstić information content (AvgIpc) is 2.47. The molecule has 0 saturated carbocycles. The number of allylic oxidation sites excluding steroid dienone is 13. The van der Waals surface area contributed by atoms with E-state index in [4.69, 9.17) is 0 Å².